The van der Waals surface area contributed by atoms with Crippen molar-refractivity contribution >= 4 is 0 Å². The van der Waals surface area contributed by atoms with Gasteiger partial charge < -0.3 is 10.5 Å². The van der Waals surface area contributed by atoms with Crippen LogP contribution in [0.1, 0.15) is 38.8 Å². The Balaban J connectivity index is 2.15. The van der Waals surface area contributed by atoms with E-state index >= 15 is 0 Å². The quantitative estimate of drug-likeness (QED) is 0.879. The van der Waals surface area contributed by atoms with Crippen molar-refractivity contribution in [3.8, 4) is 11.6 Å². The van der Waals surface area contributed by atoms with Gasteiger partial charge in [0.2, 0.25) is 5.88 Å². The number of ether oxygens (including phenoxy) is 1. The molecule has 0 fully saturated rings. The molecule has 2 aromatic heterocycles. The molecule has 0 aliphatic rings. The van der Waals surface area contributed by atoms with Gasteiger partial charge in [0.05, 0.1) is 12.4 Å². The van der Waals surface area contributed by atoms with E-state index in [1.807, 2.05) is 23.0 Å². The molecule has 0 amide bonds. The van der Waals surface area contributed by atoms with Crippen molar-refractivity contribution in [3.05, 3.63) is 36.3 Å². The fourth-order valence-corrected chi connectivity index (χ4v) is 1.87. The fraction of sp³-hybridized carbons (Fsp3) is 0.467. The Morgan fingerprint density at radius 2 is 2.20 bits per heavy atom. The minimum Gasteiger partial charge on any atom is -0.435 e. The summed E-state index contributed by atoms with van der Waals surface area (Å²) in [6.07, 6.45) is 7.00. The van der Waals surface area contributed by atoms with E-state index in [0.29, 0.717) is 17.7 Å². The molecule has 108 valence electrons. The topological polar surface area (TPSA) is 66.0 Å². The van der Waals surface area contributed by atoms with E-state index in [1.165, 1.54) is 0 Å². The Morgan fingerprint density at radius 1 is 1.40 bits per heavy atom. The van der Waals surface area contributed by atoms with Crippen LogP contribution >= 0.6 is 0 Å². The highest BCUT2D eigenvalue weighted by molar-refractivity contribution is 5.30. The van der Waals surface area contributed by atoms with Crippen molar-refractivity contribution in [1.29, 1.82) is 0 Å². The molecule has 1 unspecified atom stereocenters. The number of rotatable bonds is 6. The lowest BCUT2D eigenvalue weighted by molar-refractivity contribution is 0.449. The van der Waals surface area contributed by atoms with Gasteiger partial charge in [0.25, 0.3) is 0 Å². The summed E-state index contributed by atoms with van der Waals surface area (Å²) in [5.74, 6) is 1.31. The van der Waals surface area contributed by atoms with E-state index in [-0.39, 0.29) is 6.04 Å². The molecule has 0 aliphatic carbocycles. The van der Waals surface area contributed by atoms with Gasteiger partial charge in [0.15, 0.2) is 5.75 Å². The molecule has 2 N–H and O–H groups in total. The normalized spacial score (nSPS) is 12.7. The van der Waals surface area contributed by atoms with Crippen LogP contribution < -0.4 is 10.5 Å². The average molecular weight is 274 g/mol. The maximum absolute atomic E-state index is 6.01. The van der Waals surface area contributed by atoms with Crippen molar-refractivity contribution < 1.29 is 4.74 Å². The van der Waals surface area contributed by atoms with Crippen LogP contribution in [0, 0.1) is 0 Å². The second-order valence-electron chi connectivity index (χ2n) is 5.19. The predicted molar refractivity (Wildman–Crippen MR) is 78.9 cm³/mol. The number of nitrogens with two attached hydrogens (primary N) is 1. The largest absolute Gasteiger partial charge is 0.435 e. The third kappa shape index (κ3) is 3.57. The maximum Gasteiger partial charge on any atom is 0.222 e. The Bertz CT molecular complexity index is 550. The van der Waals surface area contributed by atoms with Crippen molar-refractivity contribution in [2.75, 3.05) is 0 Å². The smallest absolute Gasteiger partial charge is 0.222 e. The highest BCUT2D eigenvalue weighted by Crippen LogP contribution is 2.24. The molecular weight excluding hydrogens is 252 g/mol. The molecule has 0 bridgehead atoms. The Kier molecular flexibility index (Phi) is 4.74. The SMILES string of the molecule is CCC(N)Cc1cccnc1Oc1cnn(C(C)C)c1. The van der Waals surface area contributed by atoms with Gasteiger partial charge in [-0.05, 0) is 32.8 Å². The van der Waals surface area contributed by atoms with Crippen LogP contribution in [0.15, 0.2) is 30.7 Å². The van der Waals surface area contributed by atoms with Crippen molar-refractivity contribution in [2.45, 2.75) is 45.7 Å². The van der Waals surface area contributed by atoms with Crippen LogP contribution in [0.3, 0.4) is 0 Å². The molecular formula is C15H22N4O. The molecule has 5 nitrogen and oxygen atoms in total. The van der Waals surface area contributed by atoms with E-state index < -0.39 is 0 Å². The van der Waals surface area contributed by atoms with Crippen LogP contribution in [-0.2, 0) is 6.42 Å². The lowest BCUT2D eigenvalue weighted by atomic mass is 10.1. The number of aromatic nitrogens is 3. The fourth-order valence-electron chi connectivity index (χ4n) is 1.87. The zero-order chi connectivity index (χ0) is 14.5. The van der Waals surface area contributed by atoms with Crippen LogP contribution in [0.2, 0.25) is 0 Å². The summed E-state index contributed by atoms with van der Waals surface area (Å²) in [6, 6.07) is 4.34. The molecule has 0 saturated carbocycles. The summed E-state index contributed by atoms with van der Waals surface area (Å²) in [5.41, 5.74) is 7.04. The van der Waals surface area contributed by atoms with Crippen molar-refractivity contribution in [3.63, 3.8) is 0 Å². The first-order valence-corrected chi connectivity index (χ1v) is 7.01. The van der Waals surface area contributed by atoms with Crippen LogP contribution in [-0.4, -0.2) is 20.8 Å². The third-order valence-corrected chi connectivity index (χ3v) is 3.18. The predicted octanol–water partition coefficient (Wildman–Crippen LogP) is 2.93. The molecule has 0 radical (unpaired) electrons. The highest BCUT2D eigenvalue weighted by Gasteiger charge is 2.11. The molecule has 2 rings (SSSR count). The summed E-state index contributed by atoms with van der Waals surface area (Å²) in [5, 5.41) is 4.26. The second kappa shape index (κ2) is 6.52. The molecule has 5 heteroatoms. The molecule has 0 aromatic carbocycles. The average Bonchev–Trinajstić information content (AvgIpc) is 2.89. The number of nitrogens with zero attached hydrogens (tertiary/aromatic N) is 3. The highest BCUT2D eigenvalue weighted by atomic mass is 16.5. The first kappa shape index (κ1) is 14.5. The standard InChI is InChI=1S/C15H22N4O/c1-4-13(16)8-12-6-5-7-17-15(12)20-14-9-18-19(10-14)11(2)3/h5-7,9-11,13H,4,8,16H2,1-3H3. The molecule has 0 aliphatic heterocycles. The first-order valence-electron chi connectivity index (χ1n) is 7.01. The number of hydrogen-bond acceptors (Lipinski definition) is 4. The summed E-state index contributed by atoms with van der Waals surface area (Å²) >= 11 is 0. The first-order chi connectivity index (χ1) is 9.60. The van der Waals surface area contributed by atoms with E-state index in [4.69, 9.17) is 10.5 Å². The summed E-state index contributed by atoms with van der Waals surface area (Å²) < 4.78 is 7.69. The van der Waals surface area contributed by atoms with Crippen LogP contribution in [0.4, 0.5) is 0 Å². The monoisotopic (exact) mass is 274 g/mol. The zero-order valence-electron chi connectivity index (χ0n) is 12.3. The van der Waals surface area contributed by atoms with Gasteiger partial charge in [0, 0.05) is 23.8 Å². The summed E-state index contributed by atoms with van der Waals surface area (Å²) in [6.45, 7) is 6.22. The number of pyridine rings is 1. The van der Waals surface area contributed by atoms with Crippen molar-refractivity contribution in [1.82, 2.24) is 14.8 Å². The lowest BCUT2D eigenvalue weighted by Crippen LogP contribution is -2.21. The summed E-state index contributed by atoms with van der Waals surface area (Å²) in [4.78, 5) is 4.30. The van der Waals surface area contributed by atoms with Gasteiger partial charge in [-0.15, -0.1) is 0 Å². The Labute approximate surface area is 119 Å². The van der Waals surface area contributed by atoms with Gasteiger partial charge >= 0.3 is 0 Å². The molecule has 2 heterocycles. The minimum atomic E-state index is 0.125. The van der Waals surface area contributed by atoms with Crippen LogP contribution in [0.25, 0.3) is 0 Å². The maximum atomic E-state index is 6.01. The molecule has 1 atom stereocenters. The third-order valence-electron chi connectivity index (χ3n) is 3.18. The number of hydrogen-bond donors (Lipinski definition) is 1. The second-order valence-corrected chi connectivity index (χ2v) is 5.19. The van der Waals surface area contributed by atoms with E-state index in [1.54, 1.807) is 12.4 Å². The van der Waals surface area contributed by atoms with Crippen molar-refractivity contribution in [2.24, 2.45) is 5.73 Å². The van der Waals surface area contributed by atoms with Crippen LogP contribution in [0.5, 0.6) is 11.6 Å². The van der Waals surface area contributed by atoms with Gasteiger partial charge in [-0.2, -0.15) is 5.10 Å². The van der Waals surface area contributed by atoms with Gasteiger partial charge in [0.1, 0.15) is 0 Å². The molecule has 0 saturated heterocycles. The zero-order valence-corrected chi connectivity index (χ0v) is 12.3. The molecule has 20 heavy (non-hydrogen) atoms. The Morgan fingerprint density at radius 3 is 2.85 bits per heavy atom. The van der Waals surface area contributed by atoms with Gasteiger partial charge in [-0.25, -0.2) is 4.98 Å². The molecule has 0 spiro atoms. The van der Waals surface area contributed by atoms with E-state index in [0.717, 1.165) is 18.4 Å². The van der Waals surface area contributed by atoms with E-state index in [2.05, 4.69) is 30.9 Å². The minimum absolute atomic E-state index is 0.125. The lowest BCUT2D eigenvalue weighted by Gasteiger charge is -2.12. The Hall–Kier alpha value is -1.88. The summed E-state index contributed by atoms with van der Waals surface area (Å²) in [7, 11) is 0. The van der Waals surface area contributed by atoms with Gasteiger partial charge in [-0.1, -0.05) is 13.0 Å². The molecule has 2 aromatic rings. The van der Waals surface area contributed by atoms with E-state index in [9.17, 15) is 0 Å². The van der Waals surface area contributed by atoms with Gasteiger partial charge in [-0.3, -0.25) is 4.68 Å².